The SMILES string of the molecule is CN=C([N-]C)c1ccc(C)cc1.CN=C([N-]C)c1ccc(C)cc1.[Cl][Ti+]([Cl])[Cl].[Cl][Ti+]([Cl])[Cl]. The number of amidine groups is 2. The van der Waals surface area contributed by atoms with Crippen LogP contribution in [0.25, 0.3) is 10.6 Å². The summed E-state index contributed by atoms with van der Waals surface area (Å²) in [6, 6.07) is 16.4. The normalized spacial score (nSPS) is 10.2. The molecule has 0 bridgehead atoms. The fourth-order valence-electron chi connectivity index (χ4n) is 2.12. The minimum atomic E-state index is -1.92. The molecule has 0 unspecified atom stereocenters. The van der Waals surface area contributed by atoms with Gasteiger partial charge in [0.25, 0.3) is 0 Å². The van der Waals surface area contributed by atoms with Crippen LogP contribution in [0.4, 0.5) is 0 Å². The van der Waals surface area contributed by atoms with E-state index in [1.165, 1.54) is 11.1 Å². The summed E-state index contributed by atoms with van der Waals surface area (Å²) in [6.07, 6.45) is 0. The van der Waals surface area contributed by atoms with Gasteiger partial charge in [-0.2, -0.15) is 0 Å². The first-order valence-corrected chi connectivity index (χ1v) is 21.9. The van der Waals surface area contributed by atoms with Gasteiger partial charge in [0, 0.05) is 0 Å². The average Bonchev–Trinajstić information content (AvgIpc) is 2.72. The Bertz CT molecular complexity index is 713. The second-order valence-electron chi connectivity index (χ2n) is 5.70. The van der Waals surface area contributed by atoms with Gasteiger partial charge in [-0.1, -0.05) is 99.5 Å². The van der Waals surface area contributed by atoms with Crippen LogP contribution in [0.3, 0.4) is 0 Å². The van der Waals surface area contributed by atoms with Crippen molar-refractivity contribution >= 4 is 67.5 Å². The molecule has 0 saturated carbocycles. The zero-order chi connectivity index (χ0) is 25.1. The Kier molecular flexibility index (Phi) is 23.9. The molecule has 32 heavy (non-hydrogen) atoms. The number of aliphatic imine (C=N–C) groups is 2. The van der Waals surface area contributed by atoms with E-state index in [9.17, 15) is 0 Å². The molecule has 0 saturated heterocycles. The molecule has 12 heteroatoms. The Balaban J connectivity index is 0. The molecule has 4 nitrogen and oxygen atoms in total. The number of hydrogen-bond donors (Lipinski definition) is 0. The Labute approximate surface area is 228 Å². The third kappa shape index (κ3) is 20.0. The van der Waals surface area contributed by atoms with Crippen molar-refractivity contribution in [3.63, 3.8) is 0 Å². The first-order chi connectivity index (χ1) is 15.0. The molecule has 0 atom stereocenters. The van der Waals surface area contributed by atoms with E-state index in [1.54, 1.807) is 28.2 Å². The fraction of sp³-hybridized carbons (Fsp3) is 0.300. The van der Waals surface area contributed by atoms with Crippen molar-refractivity contribution in [2.45, 2.75) is 13.8 Å². The van der Waals surface area contributed by atoms with Crippen molar-refractivity contribution in [3.8, 4) is 0 Å². The number of hydrogen-bond acceptors (Lipinski definition) is 2. The van der Waals surface area contributed by atoms with Crippen LogP contribution in [0, 0.1) is 13.8 Å². The molecule has 2 aromatic rings. The van der Waals surface area contributed by atoms with Crippen LogP contribution >= 0.6 is 55.8 Å². The van der Waals surface area contributed by atoms with Crippen molar-refractivity contribution in [1.29, 1.82) is 0 Å². The summed E-state index contributed by atoms with van der Waals surface area (Å²) in [5.41, 5.74) is 4.66. The molecule has 0 amide bonds. The Morgan fingerprint density at radius 1 is 0.594 bits per heavy atom. The molecule has 0 fully saturated rings. The summed E-state index contributed by atoms with van der Waals surface area (Å²) in [4.78, 5) is 8.11. The minimum absolute atomic E-state index is 0.801. The molecule has 2 aromatic carbocycles. The van der Waals surface area contributed by atoms with Crippen LogP contribution in [0.15, 0.2) is 58.5 Å². The Hall–Kier alpha value is 0.549. The van der Waals surface area contributed by atoms with Crippen molar-refractivity contribution in [2.75, 3.05) is 28.2 Å². The van der Waals surface area contributed by atoms with Crippen LogP contribution in [-0.4, -0.2) is 39.9 Å². The number of aryl methyl sites for hydroxylation is 2. The number of benzene rings is 2. The molecule has 0 aliphatic rings. The van der Waals surface area contributed by atoms with Crippen LogP contribution < -0.4 is 0 Å². The fourth-order valence-corrected chi connectivity index (χ4v) is 2.12. The Morgan fingerprint density at radius 3 is 0.969 bits per heavy atom. The molecule has 176 valence electrons. The molecular formula is C20H26Cl6N4Ti2. The van der Waals surface area contributed by atoms with Gasteiger partial charge in [-0.25, -0.2) is 0 Å². The first kappa shape index (κ1) is 34.7. The average molecular weight is 631 g/mol. The van der Waals surface area contributed by atoms with E-state index in [4.69, 9.17) is 55.8 Å². The van der Waals surface area contributed by atoms with Gasteiger partial charge in [-0.3, -0.25) is 0 Å². The molecule has 2 rings (SSSR count). The van der Waals surface area contributed by atoms with Crippen molar-refractivity contribution in [1.82, 2.24) is 0 Å². The second-order valence-corrected chi connectivity index (χ2v) is 21.2. The monoisotopic (exact) mass is 628 g/mol. The van der Waals surface area contributed by atoms with E-state index < -0.39 is 29.4 Å². The van der Waals surface area contributed by atoms with Crippen molar-refractivity contribution < 1.29 is 29.4 Å². The third-order valence-electron chi connectivity index (χ3n) is 3.47. The second kappa shape index (κ2) is 22.0. The van der Waals surface area contributed by atoms with Gasteiger partial charge in [-0.15, -0.1) is 0 Å². The molecule has 0 spiro atoms. The zero-order valence-electron chi connectivity index (χ0n) is 18.7. The van der Waals surface area contributed by atoms with Gasteiger partial charge in [0.15, 0.2) is 0 Å². The topological polar surface area (TPSA) is 52.9 Å². The summed E-state index contributed by atoms with van der Waals surface area (Å²) in [6.45, 7) is 4.13. The van der Waals surface area contributed by atoms with Gasteiger partial charge in [-0.05, 0) is 25.0 Å². The summed E-state index contributed by atoms with van der Waals surface area (Å²) >= 11 is -3.83. The number of nitrogens with zero attached hydrogens (tertiary/aromatic N) is 4. The number of halogens is 6. The molecule has 0 heterocycles. The molecule has 0 radical (unpaired) electrons. The van der Waals surface area contributed by atoms with E-state index in [-0.39, 0.29) is 0 Å². The molecule has 0 N–H and O–H groups in total. The predicted octanol–water partition coefficient (Wildman–Crippen LogP) is 8.88. The zero-order valence-corrected chi connectivity index (χ0v) is 26.3. The van der Waals surface area contributed by atoms with Gasteiger partial charge in [0.2, 0.25) is 0 Å². The first-order valence-electron chi connectivity index (χ1n) is 8.96. The molecule has 0 aliphatic carbocycles. The van der Waals surface area contributed by atoms with Crippen LogP contribution in [0.2, 0.25) is 0 Å². The van der Waals surface area contributed by atoms with E-state index in [0.29, 0.717) is 0 Å². The Morgan fingerprint density at radius 2 is 0.812 bits per heavy atom. The molecule has 0 aliphatic heterocycles. The predicted molar refractivity (Wildman–Crippen MR) is 141 cm³/mol. The van der Waals surface area contributed by atoms with Crippen molar-refractivity contribution in [3.05, 3.63) is 81.4 Å². The van der Waals surface area contributed by atoms with Crippen LogP contribution in [0.5, 0.6) is 0 Å². The van der Waals surface area contributed by atoms with Gasteiger partial charge in [0.1, 0.15) is 0 Å². The summed E-state index contributed by atoms with van der Waals surface area (Å²) in [7, 11) is 36.8. The summed E-state index contributed by atoms with van der Waals surface area (Å²) in [5, 5.41) is 8.11. The van der Waals surface area contributed by atoms with E-state index in [0.717, 1.165) is 22.8 Å². The summed E-state index contributed by atoms with van der Waals surface area (Å²) < 4.78 is 0. The van der Waals surface area contributed by atoms with Crippen LogP contribution in [0.1, 0.15) is 22.3 Å². The van der Waals surface area contributed by atoms with E-state index >= 15 is 0 Å². The van der Waals surface area contributed by atoms with Gasteiger partial charge in [0.05, 0.1) is 0 Å². The summed E-state index contributed by atoms with van der Waals surface area (Å²) in [5.74, 6) is 1.60. The van der Waals surface area contributed by atoms with E-state index in [2.05, 4.69) is 58.7 Å². The van der Waals surface area contributed by atoms with E-state index in [1.807, 2.05) is 24.3 Å². The third-order valence-corrected chi connectivity index (χ3v) is 3.47. The maximum absolute atomic E-state index is 4.97. The maximum atomic E-state index is 4.97. The molecular weight excluding hydrogens is 605 g/mol. The van der Waals surface area contributed by atoms with Crippen molar-refractivity contribution in [2.24, 2.45) is 9.98 Å². The molecule has 0 aromatic heterocycles. The van der Waals surface area contributed by atoms with Crippen LogP contribution in [-0.2, 0) is 29.4 Å². The van der Waals surface area contributed by atoms with Gasteiger partial charge < -0.3 is 20.6 Å². The van der Waals surface area contributed by atoms with Gasteiger partial charge >= 0.3 is 85.2 Å². The quantitative estimate of drug-likeness (QED) is 0.181. The number of rotatable bonds is 2. The standard InChI is InChI=1S/2C10H13N2.6ClH.2Ti/c2*1-8-4-6-9(7-5-8)10(11-2)12-3;;;;;;;;/h2*4-7H,1-3H3;6*1H;;/q2*-1;;;;;;;2*+4/p-6.